The summed E-state index contributed by atoms with van der Waals surface area (Å²) < 4.78 is 34.2. The van der Waals surface area contributed by atoms with Gasteiger partial charge >= 0.3 is 0 Å². The molecule has 7 rings (SSSR count). The number of carbonyl (C=O) groups is 4. The molecule has 2 saturated heterocycles. The molecular weight excluding hydrogens is 1050 g/mol. The van der Waals surface area contributed by atoms with Crippen LogP contribution in [0.1, 0.15) is 91.0 Å². The van der Waals surface area contributed by atoms with Crippen molar-refractivity contribution in [3.8, 4) is 27.3 Å². The summed E-state index contributed by atoms with van der Waals surface area (Å²) in [5.74, 6) is -0.892. The number of carbonyl (C=O) groups excluding carboxylic acids is 4. The minimum atomic E-state index is -0.977. The quantitative estimate of drug-likeness (QED) is 0.0333. The number of anilines is 1. The second-order valence-electron chi connectivity index (χ2n) is 21.6. The monoisotopic (exact) mass is 1140 g/mol. The molecule has 0 radical (unpaired) electrons. The van der Waals surface area contributed by atoms with Crippen LogP contribution in [0, 0.1) is 33.1 Å². The first-order chi connectivity index (χ1) is 38.9. The fraction of sp³-hybridized carbons (Fsp3) is 0.508. The number of hydrogen-bond acceptors (Lipinski definition) is 15. The van der Waals surface area contributed by atoms with E-state index in [1.807, 2.05) is 115 Å². The molecule has 0 aliphatic carbocycles. The van der Waals surface area contributed by atoms with Gasteiger partial charge in [0.1, 0.15) is 31.0 Å². The number of benzene rings is 3. The first-order valence-electron chi connectivity index (χ1n) is 28.0. The van der Waals surface area contributed by atoms with Crippen molar-refractivity contribution in [3.05, 3.63) is 122 Å². The number of aliphatic hydroxyl groups excluding tert-OH is 1. The molecule has 2 aromatic heterocycles. The number of β-amino-alcohol motifs (C(OH)–C–C–N with tert-alkyl or cyclic N) is 1. The minimum Gasteiger partial charge on any atom is -0.491 e. The third-order valence-electron chi connectivity index (χ3n) is 14.6. The fourth-order valence-electron chi connectivity index (χ4n) is 10.2. The molecule has 4 amide bonds. The van der Waals surface area contributed by atoms with Crippen molar-refractivity contribution in [2.45, 2.75) is 112 Å². The lowest BCUT2D eigenvalue weighted by molar-refractivity contribution is -0.144. The van der Waals surface area contributed by atoms with E-state index in [1.165, 1.54) is 4.90 Å². The molecule has 0 spiro atoms. The van der Waals surface area contributed by atoms with E-state index >= 15 is 0 Å². The number of amides is 4. The summed E-state index contributed by atoms with van der Waals surface area (Å²) in [6.45, 7) is 19.9. The zero-order valence-electron chi connectivity index (χ0n) is 48.2. The van der Waals surface area contributed by atoms with Crippen LogP contribution in [0.25, 0.3) is 21.6 Å². The number of nitrogens with zero attached hydrogens (tertiary/aromatic N) is 3. The fourth-order valence-corrected chi connectivity index (χ4v) is 11.0. The first-order valence-corrected chi connectivity index (χ1v) is 28.9. The number of aryl methyl sites for hydroxylation is 3. The molecule has 1 unspecified atom stereocenters. The molecule has 5 aromatic rings. The SMILES string of the molecule is CCN(c1cc(-c2ccc(OCCOCCOCCOCCOCC(=O)NC(C(=O)N3C[C@H](O)C[C@H]3C(=O)NCc3ccc(-c4scnc4C)cc3)C(C)(C)C)cc2)cc(C(=O)NCc2c(C)cc(C)[nH]c2=O)c1C)C1CCOCC1. The van der Waals surface area contributed by atoms with E-state index in [9.17, 15) is 29.1 Å². The predicted molar refractivity (Wildman–Crippen MR) is 312 cm³/mol. The highest BCUT2D eigenvalue weighted by Crippen LogP contribution is 2.35. The lowest BCUT2D eigenvalue weighted by Crippen LogP contribution is -2.58. The van der Waals surface area contributed by atoms with E-state index in [-0.39, 0.29) is 69.3 Å². The van der Waals surface area contributed by atoms with Gasteiger partial charge in [0.25, 0.3) is 11.5 Å². The highest BCUT2D eigenvalue weighted by atomic mass is 32.1. The maximum Gasteiger partial charge on any atom is 0.253 e. The van der Waals surface area contributed by atoms with E-state index in [1.54, 1.807) is 11.3 Å². The molecule has 2 aliphatic heterocycles. The van der Waals surface area contributed by atoms with E-state index in [4.69, 9.17) is 28.4 Å². The summed E-state index contributed by atoms with van der Waals surface area (Å²) >= 11 is 1.57. The normalized spacial score (nSPS) is 16.0. The van der Waals surface area contributed by atoms with Crippen molar-refractivity contribution in [2.75, 3.05) is 90.7 Å². The average molecular weight is 1140 g/mol. The Labute approximate surface area is 479 Å². The van der Waals surface area contributed by atoms with E-state index in [2.05, 4.69) is 43.8 Å². The van der Waals surface area contributed by atoms with Gasteiger partial charge < -0.3 is 64.3 Å². The van der Waals surface area contributed by atoms with Crippen LogP contribution in [0.5, 0.6) is 5.75 Å². The summed E-state index contributed by atoms with van der Waals surface area (Å²) in [6, 6.07) is 20.0. The summed E-state index contributed by atoms with van der Waals surface area (Å²) in [7, 11) is 0. The average Bonchev–Trinajstić information content (AvgIpc) is 4.07. The third-order valence-corrected chi connectivity index (χ3v) is 15.5. The van der Waals surface area contributed by atoms with Gasteiger partial charge in [-0.05, 0) is 117 Å². The van der Waals surface area contributed by atoms with E-state index in [0.29, 0.717) is 69.7 Å². The number of rotatable bonds is 28. The molecule has 5 N–H and O–H groups in total. The van der Waals surface area contributed by atoms with Gasteiger partial charge in [0, 0.05) is 74.4 Å². The number of H-pyrrole nitrogens is 1. The number of hydrogen-bond donors (Lipinski definition) is 5. The zero-order valence-corrected chi connectivity index (χ0v) is 49.0. The Kier molecular flexibility index (Phi) is 23.0. The van der Waals surface area contributed by atoms with Crippen LogP contribution in [-0.2, 0) is 51.2 Å². The van der Waals surface area contributed by atoms with Crippen molar-refractivity contribution < 1.29 is 52.7 Å². The van der Waals surface area contributed by atoms with Crippen molar-refractivity contribution in [1.82, 2.24) is 30.8 Å². The highest BCUT2D eigenvalue weighted by molar-refractivity contribution is 7.13. The highest BCUT2D eigenvalue weighted by Gasteiger charge is 2.44. The maximum absolute atomic E-state index is 14.0. The topological polar surface area (TPSA) is 232 Å². The molecule has 81 heavy (non-hydrogen) atoms. The molecule has 20 heteroatoms. The lowest BCUT2D eigenvalue weighted by Gasteiger charge is -2.37. The Morgan fingerprint density at radius 2 is 1.47 bits per heavy atom. The standard InChI is InChI=1S/C61H81N7O12S/c1-9-67(47-18-20-75-21-19-47)52-32-46(31-50(41(52)4)57(71)63-35-51-39(2)30-40(3)65-58(51)72)44-14-16-49(17-15-44)80-29-28-78-25-24-76-22-23-77-26-27-79-37-54(70)66-56(61(6,7)8)60(74)68-36-48(69)33-53(68)59(73)62-34-43-10-12-45(13-11-43)55-42(5)64-38-81-55/h10-17,30-32,38,47-48,53,56,69H,9,18-29,33-37H2,1-8H3,(H,62,73)(H,63,71)(H,65,72)(H,66,70)/t48-,53+,56?/m1/s1. The number of likely N-dealkylation sites (tertiary alicyclic amines) is 1. The molecule has 3 atom stereocenters. The van der Waals surface area contributed by atoms with Crippen LogP contribution in [0.3, 0.4) is 0 Å². The third kappa shape index (κ3) is 17.5. The number of aliphatic hydroxyl groups is 1. The number of aromatic nitrogens is 2. The Hall–Kier alpha value is -6.52. The minimum absolute atomic E-state index is 0.0247. The molecule has 438 valence electrons. The Morgan fingerprint density at radius 1 is 0.827 bits per heavy atom. The molecule has 3 aromatic carbocycles. The summed E-state index contributed by atoms with van der Waals surface area (Å²) in [5, 5.41) is 19.3. The molecular formula is C61H81N7O12S. The number of thiazole rings is 1. The number of ether oxygens (including phenoxy) is 6. The maximum atomic E-state index is 14.0. The van der Waals surface area contributed by atoms with Crippen LogP contribution in [0.2, 0.25) is 0 Å². The van der Waals surface area contributed by atoms with Crippen LogP contribution in [0.15, 0.2) is 77.0 Å². The number of nitrogens with one attached hydrogen (secondary N) is 4. The van der Waals surface area contributed by atoms with Gasteiger partial charge in [-0.1, -0.05) is 57.2 Å². The summed E-state index contributed by atoms with van der Waals surface area (Å²) in [6.07, 6.45) is 1.01. The summed E-state index contributed by atoms with van der Waals surface area (Å²) in [4.78, 5) is 79.2. The molecule has 0 bridgehead atoms. The van der Waals surface area contributed by atoms with Gasteiger partial charge in [-0.2, -0.15) is 0 Å². The molecule has 0 saturated carbocycles. The van der Waals surface area contributed by atoms with Gasteiger partial charge in [0.05, 0.1) is 68.4 Å². The van der Waals surface area contributed by atoms with Gasteiger partial charge in [-0.25, -0.2) is 4.98 Å². The zero-order chi connectivity index (χ0) is 58.1. The Morgan fingerprint density at radius 3 is 2.09 bits per heavy atom. The molecule has 19 nitrogen and oxygen atoms in total. The Bertz CT molecular complexity index is 2940. The van der Waals surface area contributed by atoms with Crippen molar-refractivity contribution in [2.24, 2.45) is 5.41 Å². The van der Waals surface area contributed by atoms with Crippen LogP contribution < -0.4 is 31.1 Å². The smallest absolute Gasteiger partial charge is 0.253 e. The van der Waals surface area contributed by atoms with Crippen molar-refractivity contribution in [3.63, 3.8) is 0 Å². The first kappa shape index (κ1) is 62.1. The van der Waals surface area contributed by atoms with Crippen LogP contribution in [0.4, 0.5) is 5.69 Å². The van der Waals surface area contributed by atoms with Crippen molar-refractivity contribution >= 4 is 40.7 Å². The van der Waals surface area contributed by atoms with Crippen LogP contribution >= 0.6 is 11.3 Å². The van der Waals surface area contributed by atoms with Gasteiger partial charge in [-0.3, -0.25) is 24.0 Å². The van der Waals surface area contributed by atoms with Crippen molar-refractivity contribution in [1.29, 1.82) is 0 Å². The number of pyridine rings is 1. The molecule has 2 fully saturated rings. The lowest BCUT2D eigenvalue weighted by atomic mass is 9.85. The van der Waals surface area contributed by atoms with Gasteiger partial charge in [0.2, 0.25) is 17.7 Å². The second kappa shape index (κ2) is 30.0. The number of aromatic amines is 1. The summed E-state index contributed by atoms with van der Waals surface area (Å²) in [5.41, 5.74) is 10.2. The molecule has 4 heterocycles. The largest absolute Gasteiger partial charge is 0.491 e. The van der Waals surface area contributed by atoms with E-state index < -0.39 is 35.4 Å². The molecule has 2 aliphatic rings. The predicted octanol–water partition coefficient (Wildman–Crippen LogP) is 6.59. The van der Waals surface area contributed by atoms with Gasteiger partial charge in [-0.15, -0.1) is 11.3 Å². The van der Waals surface area contributed by atoms with E-state index in [0.717, 1.165) is 74.7 Å². The Balaban J connectivity index is 0.772. The van der Waals surface area contributed by atoms with Gasteiger partial charge in [0.15, 0.2) is 0 Å². The van der Waals surface area contributed by atoms with Crippen LogP contribution in [-0.4, -0.2) is 154 Å². The second-order valence-corrected chi connectivity index (χ2v) is 22.5.